The molecule has 9 nitrogen and oxygen atoms in total. The van der Waals surface area contributed by atoms with Gasteiger partial charge in [-0.15, -0.1) is 0 Å². The fourth-order valence-electron chi connectivity index (χ4n) is 3.19. The number of carbonyl (C=O) groups is 2. The Morgan fingerprint density at radius 3 is 2.34 bits per heavy atom. The van der Waals surface area contributed by atoms with E-state index in [9.17, 15) is 19.7 Å². The van der Waals surface area contributed by atoms with Gasteiger partial charge in [-0.2, -0.15) is 16.9 Å². The lowest BCUT2D eigenvalue weighted by molar-refractivity contribution is -0.384. The summed E-state index contributed by atoms with van der Waals surface area (Å²) in [6, 6.07) is 21.4. The first kappa shape index (κ1) is 28.4. The molecule has 0 radical (unpaired) electrons. The quantitative estimate of drug-likeness (QED) is 0.184. The van der Waals surface area contributed by atoms with Crippen molar-refractivity contribution in [3.63, 3.8) is 0 Å². The summed E-state index contributed by atoms with van der Waals surface area (Å²) < 4.78 is 5.67. The number of hydrazone groups is 1. The molecule has 0 fully saturated rings. The van der Waals surface area contributed by atoms with E-state index in [4.69, 9.17) is 4.74 Å². The van der Waals surface area contributed by atoms with Gasteiger partial charge in [-0.3, -0.25) is 19.7 Å². The van der Waals surface area contributed by atoms with E-state index >= 15 is 0 Å². The fraction of sp³-hybridized carbons (Fsp3) is 0.250. The molecular formula is C28H30N4O5S. The van der Waals surface area contributed by atoms with E-state index in [-0.39, 0.29) is 11.3 Å². The Kier molecular flexibility index (Phi) is 10.9. The summed E-state index contributed by atoms with van der Waals surface area (Å²) in [5.74, 6) is 1.15. The maximum atomic E-state index is 12.9. The van der Waals surface area contributed by atoms with Crippen LogP contribution in [0.5, 0.6) is 5.75 Å². The molecule has 0 saturated heterocycles. The Labute approximate surface area is 225 Å². The molecule has 0 heterocycles. The van der Waals surface area contributed by atoms with Crippen molar-refractivity contribution in [2.24, 2.45) is 11.0 Å². The van der Waals surface area contributed by atoms with Gasteiger partial charge < -0.3 is 10.1 Å². The summed E-state index contributed by atoms with van der Waals surface area (Å²) in [5.41, 5.74) is 4.45. The van der Waals surface area contributed by atoms with Crippen LogP contribution in [0.3, 0.4) is 0 Å². The average Bonchev–Trinajstić information content (AvgIpc) is 2.92. The summed E-state index contributed by atoms with van der Waals surface area (Å²) in [6.07, 6.45) is 1.51. The van der Waals surface area contributed by atoms with E-state index < -0.39 is 22.8 Å². The number of thioether (sulfide) groups is 1. The third-order valence-corrected chi connectivity index (χ3v) is 6.32. The van der Waals surface area contributed by atoms with Gasteiger partial charge >= 0.3 is 0 Å². The van der Waals surface area contributed by atoms with Crippen molar-refractivity contribution in [1.29, 1.82) is 0 Å². The van der Waals surface area contributed by atoms with Gasteiger partial charge in [0.2, 0.25) is 0 Å². The predicted octanol–water partition coefficient (Wildman–Crippen LogP) is 4.81. The second-order valence-electron chi connectivity index (χ2n) is 8.84. The van der Waals surface area contributed by atoms with Crippen molar-refractivity contribution in [2.75, 3.05) is 12.4 Å². The molecule has 0 aliphatic heterocycles. The van der Waals surface area contributed by atoms with Gasteiger partial charge in [0.25, 0.3) is 17.5 Å². The van der Waals surface area contributed by atoms with Gasteiger partial charge in [0.1, 0.15) is 11.8 Å². The number of nitro benzene ring substituents is 1. The van der Waals surface area contributed by atoms with Crippen molar-refractivity contribution < 1.29 is 19.2 Å². The number of nitro groups is 1. The molecule has 3 rings (SSSR count). The Morgan fingerprint density at radius 1 is 1.03 bits per heavy atom. The Balaban J connectivity index is 1.62. The zero-order valence-electron chi connectivity index (χ0n) is 21.2. The summed E-state index contributed by atoms with van der Waals surface area (Å²) in [5, 5.41) is 17.6. The first-order chi connectivity index (χ1) is 18.3. The lowest BCUT2D eigenvalue weighted by Crippen LogP contribution is -2.47. The second kappa shape index (κ2) is 14.5. The molecule has 198 valence electrons. The SMILES string of the molecule is CC(C)COc1ccc(/C=N\NC(=O)[C@@H](CSCc2ccccc2)NC(=O)c2ccc([N+](=O)[O-])cc2)cc1. The summed E-state index contributed by atoms with van der Waals surface area (Å²) in [4.78, 5) is 36.1. The number of nitrogens with zero attached hydrogens (tertiary/aromatic N) is 2. The van der Waals surface area contributed by atoms with Crippen LogP contribution >= 0.6 is 11.8 Å². The minimum absolute atomic E-state index is 0.122. The average molecular weight is 535 g/mol. The number of non-ortho nitro benzene ring substituents is 1. The number of nitrogens with one attached hydrogen (secondary N) is 2. The first-order valence-corrected chi connectivity index (χ1v) is 13.2. The molecule has 38 heavy (non-hydrogen) atoms. The lowest BCUT2D eigenvalue weighted by Gasteiger charge is -2.17. The number of benzene rings is 3. The van der Waals surface area contributed by atoms with Gasteiger partial charge in [-0.1, -0.05) is 44.2 Å². The van der Waals surface area contributed by atoms with Gasteiger partial charge in [0.05, 0.1) is 17.7 Å². The predicted molar refractivity (Wildman–Crippen MR) is 149 cm³/mol. The molecule has 10 heteroatoms. The molecule has 2 amide bonds. The molecule has 0 aliphatic carbocycles. The van der Waals surface area contributed by atoms with E-state index in [1.165, 1.54) is 42.2 Å². The van der Waals surface area contributed by atoms with Crippen LogP contribution in [0.4, 0.5) is 5.69 Å². The van der Waals surface area contributed by atoms with Crippen molar-refractivity contribution in [3.8, 4) is 5.75 Å². The van der Waals surface area contributed by atoms with Crippen LogP contribution in [0.25, 0.3) is 0 Å². The molecule has 0 spiro atoms. The summed E-state index contributed by atoms with van der Waals surface area (Å²) >= 11 is 1.49. The standard InChI is InChI=1S/C28H30N4O5S/c1-20(2)17-37-25-14-8-21(9-15-25)16-29-31-28(34)26(19-38-18-22-6-4-3-5-7-22)30-27(33)23-10-12-24(13-11-23)32(35)36/h3-16,20,26H,17-19H2,1-2H3,(H,30,33)(H,31,34)/b29-16-/t26-/m1/s1. The third kappa shape index (κ3) is 9.36. The highest BCUT2D eigenvalue weighted by Gasteiger charge is 2.22. The Hall–Kier alpha value is -4.18. The van der Waals surface area contributed by atoms with Crippen LogP contribution in [0.15, 0.2) is 84.0 Å². The van der Waals surface area contributed by atoms with Gasteiger partial charge in [-0.05, 0) is 53.4 Å². The molecule has 3 aromatic rings. The van der Waals surface area contributed by atoms with Crippen molar-refractivity contribution in [2.45, 2.75) is 25.6 Å². The van der Waals surface area contributed by atoms with Crippen molar-refractivity contribution in [3.05, 3.63) is 106 Å². The van der Waals surface area contributed by atoms with Gasteiger partial charge in [0.15, 0.2) is 0 Å². The molecule has 2 N–H and O–H groups in total. The number of rotatable bonds is 13. The van der Waals surface area contributed by atoms with Crippen LogP contribution < -0.4 is 15.5 Å². The zero-order valence-corrected chi connectivity index (χ0v) is 22.0. The zero-order chi connectivity index (χ0) is 27.3. The van der Waals surface area contributed by atoms with E-state index in [2.05, 4.69) is 29.7 Å². The van der Waals surface area contributed by atoms with Crippen LogP contribution in [0, 0.1) is 16.0 Å². The second-order valence-corrected chi connectivity index (χ2v) is 9.87. The highest BCUT2D eigenvalue weighted by Crippen LogP contribution is 2.15. The molecular weight excluding hydrogens is 504 g/mol. The molecule has 0 bridgehead atoms. The maximum absolute atomic E-state index is 12.9. The van der Waals surface area contributed by atoms with E-state index in [1.54, 1.807) is 0 Å². The van der Waals surface area contributed by atoms with Gasteiger partial charge in [0, 0.05) is 29.2 Å². The topological polar surface area (TPSA) is 123 Å². The fourth-order valence-corrected chi connectivity index (χ4v) is 4.21. The number of ether oxygens (including phenoxy) is 1. The lowest BCUT2D eigenvalue weighted by atomic mass is 10.2. The molecule has 0 unspecified atom stereocenters. The number of hydrogen-bond acceptors (Lipinski definition) is 7. The number of hydrogen-bond donors (Lipinski definition) is 2. The Morgan fingerprint density at radius 2 is 1.71 bits per heavy atom. The molecule has 3 aromatic carbocycles. The minimum Gasteiger partial charge on any atom is -0.493 e. The monoisotopic (exact) mass is 534 g/mol. The molecule has 0 saturated carbocycles. The summed E-state index contributed by atoms with van der Waals surface area (Å²) in [7, 11) is 0. The van der Waals surface area contributed by atoms with E-state index in [0.29, 0.717) is 24.0 Å². The van der Waals surface area contributed by atoms with Crippen LogP contribution in [-0.2, 0) is 10.5 Å². The van der Waals surface area contributed by atoms with E-state index in [1.807, 2.05) is 54.6 Å². The van der Waals surface area contributed by atoms with Crippen molar-refractivity contribution in [1.82, 2.24) is 10.7 Å². The highest BCUT2D eigenvalue weighted by atomic mass is 32.2. The highest BCUT2D eigenvalue weighted by molar-refractivity contribution is 7.98. The summed E-state index contributed by atoms with van der Waals surface area (Å²) in [6.45, 7) is 4.77. The normalized spacial score (nSPS) is 11.8. The maximum Gasteiger partial charge on any atom is 0.269 e. The largest absolute Gasteiger partial charge is 0.493 e. The molecule has 0 aromatic heterocycles. The smallest absolute Gasteiger partial charge is 0.269 e. The Bertz CT molecular complexity index is 1230. The molecule has 0 aliphatic rings. The van der Waals surface area contributed by atoms with Crippen LogP contribution in [-0.4, -0.2) is 41.4 Å². The van der Waals surface area contributed by atoms with Crippen LogP contribution in [0.2, 0.25) is 0 Å². The third-order valence-electron chi connectivity index (χ3n) is 5.21. The van der Waals surface area contributed by atoms with Crippen molar-refractivity contribution >= 4 is 35.5 Å². The first-order valence-electron chi connectivity index (χ1n) is 12.0. The molecule has 1 atom stereocenters. The van der Waals surface area contributed by atoms with Crippen LogP contribution in [0.1, 0.15) is 35.3 Å². The number of amides is 2. The van der Waals surface area contributed by atoms with Gasteiger partial charge in [-0.25, -0.2) is 5.43 Å². The van der Waals surface area contributed by atoms with E-state index in [0.717, 1.165) is 16.9 Å². The minimum atomic E-state index is -0.879. The number of carbonyl (C=O) groups excluding carboxylic acids is 2.